The van der Waals surface area contributed by atoms with Crippen LogP contribution in [0.3, 0.4) is 0 Å². The predicted molar refractivity (Wildman–Crippen MR) is 69.3 cm³/mol. The minimum atomic E-state index is -0.349. The first-order chi connectivity index (χ1) is 8.18. The largest absolute Gasteiger partial charge is 0.389 e. The minimum absolute atomic E-state index is 0.0882. The lowest BCUT2D eigenvalue weighted by atomic mass is 10.1. The van der Waals surface area contributed by atoms with Gasteiger partial charge < -0.3 is 10.5 Å². The molecule has 1 aliphatic rings. The van der Waals surface area contributed by atoms with Crippen molar-refractivity contribution in [1.82, 2.24) is 0 Å². The van der Waals surface area contributed by atoms with E-state index in [0.29, 0.717) is 17.7 Å². The Balaban J connectivity index is 2.04. The van der Waals surface area contributed by atoms with Crippen molar-refractivity contribution in [1.29, 1.82) is 0 Å². The number of hydrogen-bond donors (Lipinski definition) is 1. The van der Waals surface area contributed by atoms with Gasteiger partial charge in [-0.05, 0) is 18.9 Å². The summed E-state index contributed by atoms with van der Waals surface area (Å²) in [5, 5.41) is 0. The maximum Gasteiger partial charge on any atom is 0.138 e. The second kappa shape index (κ2) is 5.56. The van der Waals surface area contributed by atoms with Crippen molar-refractivity contribution in [3.63, 3.8) is 0 Å². The van der Waals surface area contributed by atoms with Gasteiger partial charge in [-0.25, -0.2) is 4.39 Å². The van der Waals surface area contributed by atoms with Crippen molar-refractivity contribution in [2.45, 2.75) is 38.4 Å². The Kier molecular flexibility index (Phi) is 4.07. The summed E-state index contributed by atoms with van der Waals surface area (Å²) in [7, 11) is 0. The molecular formula is C13H16FNOS. The van der Waals surface area contributed by atoms with E-state index >= 15 is 0 Å². The Morgan fingerprint density at radius 3 is 2.76 bits per heavy atom. The van der Waals surface area contributed by atoms with Gasteiger partial charge in [0.15, 0.2) is 0 Å². The second-order valence-electron chi connectivity index (χ2n) is 4.36. The third-order valence-corrected chi connectivity index (χ3v) is 3.34. The smallest absolute Gasteiger partial charge is 0.138 e. The summed E-state index contributed by atoms with van der Waals surface area (Å²) in [6.07, 6.45) is 4.86. The molecule has 0 radical (unpaired) electrons. The fraction of sp³-hybridized carbons (Fsp3) is 0.462. The number of thiocarbonyl (C=S) groups is 1. The monoisotopic (exact) mass is 253 g/mol. The molecule has 0 aliphatic heterocycles. The van der Waals surface area contributed by atoms with Crippen molar-refractivity contribution in [2.75, 3.05) is 0 Å². The van der Waals surface area contributed by atoms with Crippen LogP contribution in [0.2, 0.25) is 0 Å². The van der Waals surface area contributed by atoms with Gasteiger partial charge in [-0.15, -0.1) is 0 Å². The molecule has 0 aromatic heterocycles. The van der Waals surface area contributed by atoms with Crippen LogP contribution in [-0.2, 0) is 11.3 Å². The number of hydrogen-bond acceptors (Lipinski definition) is 2. The lowest BCUT2D eigenvalue weighted by Crippen LogP contribution is -2.14. The van der Waals surface area contributed by atoms with Gasteiger partial charge in [0.2, 0.25) is 0 Å². The minimum Gasteiger partial charge on any atom is -0.389 e. The van der Waals surface area contributed by atoms with Gasteiger partial charge in [0, 0.05) is 11.1 Å². The van der Waals surface area contributed by atoms with E-state index in [-0.39, 0.29) is 16.9 Å². The second-order valence-corrected chi connectivity index (χ2v) is 4.80. The van der Waals surface area contributed by atoms with E-state index < -0.39 is 0 Å². The first kappa shape index (κ1) is 12.5. The van der Waals surface area contributed by atoms with Gasteiger partial charge in [0.05, 0.1) is 12.7 Å². The SMILES string of the molecule is NC(=S)c1cccc(COC2CCCC2)c1F. The molecular weight excluding hydrogens is 237 g/mol. The number of benzene rings is 1. The zero-order valence-electron chi connectivity index (χ0n) is 9.62. The van der Waals surface area contributed by atoms with E-state index in [2.05, 4.69) is 0 Å². The van der Waals surface area contributed by atoms with Crippen LogP contribution in [0.5, 0.6) is 0 Å². The van der Waals surface area contributed by atoms with E-state index in [4.69, 9.17) is 22.7 Å². The normalized spacial score (nSPS) is 16.3. The summed E-state index contributed by atoms with van der Waals surface area (Å²) in [4.78, 5) is 0.0882. The van der Waals surface area contributed by atoms with E-state index in [1.54, 1.807) is 18.2 Å². The fourth-order valence-corrected chi connectivity index (χ4v) is 2.30. The molecule has 2 nitrogen and oxygen atoms in total. The first-order valence-electron chi connectivity index (χ1n) is 5.87. The number of rotatable bonds is 4. The highest BCUT2D eigenvalue weighted by molar-refractivity contribution is 7.80. The van der Waals surface area contributed by atoms with E-state index in [1.807, 2.05) is 0 Å². The Hall–Kier alpha value is -1.00. The molecule has 17 heavy (non-hydrogen) atoms. The Morgan fingerprint density at radius 2 is 2.12 bits per heavy atom. The van der Waals surface area contributed by atoms with Crippen LogP contribution >= 0.6 is 12.2 Å². The van der Waals surface area contributed by atoms with Crippen molar-refractivity contribution in [2.24, 2.45) is 5.73 Å². The molecule has 4 heteroatoms. The van der Waals surface area contributed by atoms with E-state index in [1.165, 1.54) is 12.8 Å². The predicted octanol–water partition coefficient (Wildman–Crippen LogP) is 2.92. The lowest BCUT2D eigenvalue weighted by Gasteiger charge is -2.12. The van der Waals surface area contributed by atoms with Gasteiger partial charge in [0.25, 0.3) is 0 Å². The average Bonchev–Trinajstić information content (AvgIpc) is 2.80. The van der Waals surface area contributed by atoms with Crippen molar-refractivity contribution in [3.8, 4) is 0 Å². The molecule has 1 aliphatic carbocycles. The number of halogens is 1. The summed E-state index contributed by atoms with van der Waals surface area (Å²) >= 11 is 4.80. The first-order valence-corrected chi connectivity index (χ1v) is 6.28. The molecule has 92 valence electrons. The third-order valence-electron chi connectivity index (χ3n) is 3.12. The summed E-state index contributed by atoms with van der Waals surface area (Å²) in [5.41, 5.74) is 6.28. The molecule has 2 N–H and O–H groups in total. The molecule has 1 aromatic carbocycles. The average molecular weight is 253 g/mol. The Morgan fingerprint density at radius 1 is 1.41 bits per heavy atom. The molecule has 2 rings (SSSR count). The van der Waals surface area contributed by atoms with Crippen LogP contribution in [-0.4, -0.2) is 11.1 Å². The number of nitrogens with two attached hydrogens (primary N) is 1. The summed E-state index contributed by atoms with van der Waals surface area (Å²) in [5.74, 6) is -0.349. The summed E-state index contributed by atoms with van der Waals surface area (Å²) in [6.45, 7) is 0.299. The zero-order valence-corrected chi connectivity index (χ0v) is 10.4. The molecule has 0 bridgehead atoms. The highest BCUT2D eigenvalue weighted by Gasteiger charge is 2.17. The zero-order chi connectivity index (χ0) is 12.3. The van der Waals surface area contributed by atoms with Crippen molar-refractivity contribution in [3.05, 3.63) is 35.1 Å². The van der Waals surface area contributed by atoms with E-state index in [0.717, 1.165) is 12.8 Å². The maximum absolute atomic E-state index is 13.9. The van der Waals surface area contributed by atoms with Gasteiger partial charge in [0.1, 0.15) is 10.8 Å². The quantitative estimate of drug-likeness (QED) is 0.838. The molecule has 0 heterocycles. The van der Waals surface area contributed by atoms with Gasteiger partial charge in [-0.2, -0.15) is 0 Å². The highest BCUT2D eigenvalue weighted by Crippen LogP contribution is 2.23. The molecule has 0 amide bonds. The summed E-state index contributed by atoms with van der Waals surface area (Å²) < 4.78 is 19.6. The fourth-order valence-electron chi connectivity index (χ4n) is 2.14. The van der Waals surface area contributed by atoms with Crippen LogP contribution in [0.15, 0.2) is 18.2 Å². The molecule has 0 spiro atoms. The topological polar surface area (TPSA) is 35.2 Å². The van der Waals surface area contributed by atoms with Crippen LogP contribution in [0, 0.1) is 5.82 Å². The molecule has 1 aromatic rings. The maximum atomic E-state index is 13.9. The Bertz CT molecular complexity index is 416. The van der Waals surface area contributed by atoms with Crippen LogP contribution in [0.25, 0.3) is 0 Å². The lowest BCUT2D eigenvalue weighted by molar-refractivity contribution is 0.0441. The highest BCUT2D eigenvalue weighted by atomic mass is 32.1. The molecule has 1 saturated carbocycles. The van der Waals surface area contributed by atoms with Crippen LogP contribution < -0.4 is 5.73 Å². The van der Waals surface area contributed by atoms with Crippen LogP contribution in [0.1, 0.15) is 36.8 Å². The Labute approximate surface area is 106 Å². The van der Waals surface area contributed by atoms with Gasteiger partial charge in [-0.3, -0.25) is 0 Å². The standard InChI is InChI=1S/C13H16FNOS/c14-12-9(4-3-7-11(12)13(15)17)8-16-10-5-1-2-6-10/h3-4,7,10H,1-2,5-6,8H2,(H2,15,17). The molecule has 0 saturated heterocycles. The van der Waals surface area contributed by atoms with Gasteiger partial charge >= 0.3 is 0 Å². The number of ether oxygens (including phenoxy) is 1. The van der Waals surface area contributed by atoms with Crippen LogP contribution in [0.4, 0.5) is 4.39 Å². The van der Waals surface area contributed by atoms with Crippen molar-refractivity contribution >= 4 is 17.2 Å². The third kappa shape index (κ3) is 3.01. The molecule has 0 atom stereocenters. The van der Waals surface area contributed by atoms with E-state index in [9.17, 15) is 4.39 Å². The molecule has 0 unspecified atom stereocenters. The van der Waals surface area contributed by atoms with Crippen molar-refractivity contribution < 1.29 is 9.13 Å². The molecule has 1 fully saturated rings. The summed E-state index contributed by atoms with van der Waals surface area (Å²) in [6, 6.07) is 5.06. The van der Waals surface area contributed by atoms with Gasteiger partial charge in [-0.1, -0.05) is 37.2 Å².